The SMILES string of the molecule is CCC(=O)CCC(=O)CPC. The first kappa shape index (κ1) is 10.8. The van der Waals surface area contributed by atoms with Gasteiger partial charge < -0.3 is 0 Å². The lowest BCUT2D eigenvalue weighted by Crippen LogP contribution is -2.04. The molecule has 0 aliphatic carbocycles. The Balaban J connectivity index is 3.38. The third kappa shape index (κ3) is 6.18. The van der Waals surface area contributed by atoms with Gasteiger partial charge in [0.25, 0.3) is 0 Å². The van der Waals surface area contributed by atoms with Crippen LogP contribution in [0.25, 0.3) is 0 Å². The first-order chi connectivity index (χ1) is 5.20. The van der Waals surface area contributed by atoms with Crippen molar-refractivity contribution in [3.05, 3.63) is 0 Å². The molecule has 3 heteroatoms. The molecule has 0 saturated heterocycles. The predicted molar refractivity (Wildman–Crippen MR) is 48.6 cm³/mol. The van der Waals surface area contributed by atoms with E-state index < -0.39 is 0 Å². The molecule has 0 amide bonds. The van der Waals surface area contributed by atoms with Crippen LogP contribution in [-0.2, 0) is 9.59 Å². The molecule has 0 aromatic rings. The number of Topliss-reactive ketones (excluding diaryl/α,β-unsaturated/α-hetero) is 2. The largest absolute Gasteiger partial charge is 0.300 e. The van der Waals surface area contributed by atoms with Gasteiger partial charge in [-0.1, -0.05) is 6.92 Å². The van der Waals surface area contributed by atoms with Gasteiger partial charge >= 0.3 is 0 Å². The average Bonchev–Trinajstić information content (AvgIpc) is 2.01. The van der Waals surface area contributed by atoms with Crippen molar-refractivity contribution in [1.82, 2.24) is 0 Å². The second kappa shape index (κ2) is 6.48. The first-order valence-corrected chi connectivity index (χ1v) is 5.59. The van der Waals surface area contributed by atoms with Gasteiger partial charge in [0.2, 0.25) is 0 Å². The number of hydrogen-bond donors (Lipinski definition) is 0. The zero-order valence-electron chi connectivity index (χ0n) is 7.14. The van der Waals surface area contributed by atoms with Crippen molar-refractivity contribution in [2.24, 2.45) is 0 Å². The van der Waals surface area contributed by atoms with Gasteiger partial charge in [-0.15, -0.1) is 8.58 Å². The van der Waals surface area contributed by atoms with Gasteiger partial charge in [-0.25, -0.2) is 0 Å². The van der Waals surface area contributed by atoms with E-state index in [9.17, 15) is 9.59 Å². The maximum absolute atomic E-state index is 10.9. The van der Waals surface area contributed by atoms with Crippen LogP contribution in [0.2, 0.25) is 0 Å². The Bertz CT molecular complexity index is 143. The summed E-state index contributed by atoms with van der Waals surface area (Å²) in [5.74, 6) is 0.422. The van der Waals surface area contributed by atoms with Gasteiger partial charge in [0.1, 0.15) is 11.6 Å². The Hall–Kier alpha value is -0.230. The van der Waals surface area contributed by atoms with Gasteiger partial charge in [0.05, 0.1) is 0 Å². The van der Waals surface area contributed by atoms with Crippen LogP contribution in [0.1, 0.15) is 26.2 Å². The van der Waals surface area contributed by atoms with Gasteiger partial charge in [-0.3, -0.25) is 9.59 Å². The molecule has 1 atom stereocenters. The highest BCUT2D eigenvalue weighted by Gasteiger charge is 2.03. The highest BCUT2D eigenvalue weighted by atomic mass is 31.1. The van der Waals surface area contributed by atoms with Gasteiger partial charge in [-0.05, 0) is 6.66 Å². The summed E-state index contributed by atoms with van der Waals surface area (Å²) < 4.78 is 0. The number of carbonyl (C=O) groups excluding carboxylic acids is 2. The Labute approximate surface area is 69.5 Å². The van der Waals surface area contributed by atoms with Crippen LogP contribution < -0.4 is 0 Å². The van der Waals surface area contributed by atoms with E-state index in [1.54, 1.807) is 0 Å². The van der Waals surface area contributed by atoms with E-state index in [1.165, 1.54) is 0 Å². The van der Waals surface area contributed by atoms with Crippen molar-refractivity contribution >= 4 is 20.1 Å². The summed E-state index contributed by atoms with van der Waals surface area (Å²) in [6.07, 6.45) is 2.10. The van der Waals surface area contributed by atoms with Gasteiger partial charge in [0.15, 0.2) is 0 Å². The molecule has 0 rings (SSSR count). The first-order valence-electron chi connectivity index (χ1n) is 3.88. The second-order valence-corrected chi connectivity index (χ2v) is 3.52. The highest BCUT2D eigenvalue weighted by Crippen LogP contribution is 2.05. The van der Waals surface area contributed by atoms with Crippen LogP contribution >= 0.6 is 8.58 Å². The predicted octanol–water partition coefficient (Wildman–Crippen LogP) is 1.62. The van der Waals surface area contributed by atoms with Crippen molar-refractivity contribution in [2.75, 3.05) is 12.8 Å². The molecule has 0 bridgehead atoms. The Morgan fingerprint density at radius 2 is 1.73 bits per heavy atom. The molecular weight excluding hydrogens is 159 g/mol. The van der Waals surface area contributed by atoms with Crippen LogP contribution in [0.4, 0.5) is 0 Å². The minimum Gasteiger partial charge on any atom is -0.300 e. The van der Waals surface area contributed by atoms with E-state index in [-0.39, 0.29) is 11.6 Å². The summed E-state index contributed by atoms with van der Waals surface area (Å²) in [5, 5.41) is 0. The molecule has 0 aromatic carbocycles. The Morgan fingerprint density at radius 1 is 1.18 bits per heavy atom. The normalized spacial score (nSPS) is 10.7. The zero-order valence-corrected chi connectivity index (χ0v) is 8.14. The fraction of sp³-hybridized carbons (Fsp3) is 0.750. The zero-order chi connectivity index (χ0) is 8.69. The summed E-state index contributed by atoms with van der Waals surface area (Å²) in [6, 6.07) is 0. The molecule has 0 aromatic heterocycles. The molecule has 0 aliphatic rings. The fourth-order valence-electron chi connectivity index (χ4n) is 0.741. The van der Waals surface area contributed by atoms with E-state index in [0.29, 0.717) is 34.0 Å². The molecule has 64 valence electrons. The lowest BCUT2D eigenvalue weighted by Gasteiger charge is -1.96. The van der Waals surface area contributed by atoms with E-state index in [1.807, 2.05) is 13.6 Å². The van der Waals surface area contributed by atoms with Crippen LogP contribution in [0.15, 0.2) is 0 Å². The van der Waals surface area contributed by atoms with Crippen molar-refractivity contribution in [1.29, 1.82) is 0 Å². The van der Waals surface area contributed by atoms with Crippen LogP contribution in [-0.4, -0.2) is 24.4 Å². The third-order valence-corrected chi connectivity index (χ3v) is 2.20. The molecule has 0 N–H and O–H groups in total. The maximum Gasteiger partial charge on any atom is 0.137 e. The van der Waals surface area contributed by atoms with Crippen molar-refractivity contribution in [2.45, 2.75) is 26.2 Å². The quantitative estimate of drug-likeness (QED) is 0.573. The molecule has 2 nitrogen and oxygen atoms in total. The molecule has 0 fully saturated rings. The molecule has 0 heterocycles. The summed E-state index contributed by atoms with van der Waals surface area (Å²) in [6.45, 7) is 3.83. The summed E-state index contributed by atoms with van der Waals surface area (Å²) in [7, 11) is 0.681. The minimum atomic E-state index is 0.192. The molecule has 1 unspecified atom stereocenters. The van der Waals surface area contributed by atoms with Crippen LogP contribution in [0, 0.1) is 0 Å². The second-order valence-electron chi connectivity index (χ2n) is 2.46. The summed E-state index contributed by atoms with van der Waals surface area (Å²) >= 11 is 0. The third-order valence-electron chi connectivity index (χ3n) is 1.45. The number of rotatable bonds is 6. The fourth-order valence-corrected chi connectivity index (χ4v) is 1.31. The lowest BCUT2D eigenvalue weighted by atomic mass is 10.1. The number of hydrogen-bond acceptors (Lipinski definition) is 2. The Kier molecular flexibility index (Phi) is 6.34. The topological polar surface area (TPSA) is 34.1 Å². The standard InChI is InChI=1S/C8H15O2P/c1-3-7(9)4-5-8(10)6-11-2/h11H,3-6H2,1-2H3. The van der Waals surface area contributed by atoms with E-state index >= 15 is 0 Å². The maximum atomic E-state index is 10.9. The molecule has 0 saturated carbocycles. The van der Waals surface area contributed by atoms with Crippen molar-refractivity contribution in [3.63, 3.8) is 0 Å². The minimum absolute atomic E-state index is 0.192. The highest BCUT2D eigenvalue weighted by molar-refractivity contribution is 7.38. The monoisotopic (exact) mass is 174 g/mol. The van der Waals surface area contributed by atoms with Crippen LogP contribution in [0.3, 0.4) is 0 Å². The van der Waals surface area contributed by atoms with Crippen molar-refractivity contribution in [3.8, 4) is 0 Å². The van der Waals surface area contributed by atoms with E-state index in [4.69, 9.17) is 0 Å². The Morgan fingerprint density at radius 3 is 2.18 bits per heavy atom. The molecular formula is C8H15O2P. The van der Waals surface area contributed by atoms with Crippen LogP contribution in [0.5, 0.6) is 0 Å². The van der Waals surface area contributed by atoms with Gasteiger partial charge in [0, 0.05) is 25.4 Å². The molecule has 0 radical (unpaired) electrons. The number of ketones is 2. The molecule has 0 spiro atoms. The summed E-state index contributed by atoms with van der Waals surface area (Å²) in [5.41, 5.74) is 0. The number of carbonyl (C=O) groups is 2. The average molecular weight is 174 g/mol. The molecule has 11 heavy (non-hydrogen) atoms. The lowest BCUT2D eigenvalue weighted by molar-refractivity contribution is -0.122. The smallest absolute Gasteiger partial charge is 0.137 e. The van der Waals surface area contributed by atoms with E-state index in [0.717, 1.165) is 0 Å². The molecule has 0 aliphatic heterocycles. The van der Waals surface area contributed by atoms with Gasteiger partial charge in [-0.2, -0.15) is 0 Å². The van der Waals surface area contributed by atoms with E-state index in [2.05, 4.69) is 0 Å². The van der Waals surface area contributed by atoms with Crippen molar-refractivity contribution < 1.29 is 9.59 Å². The summed E-state index contributed by atoms with van der Waals surface area (Å²) in [4.78, 5) is 21.7.